The van der Waals surface area contributed by atoms with Crippen LogP contribution in [0.4, 0.5) is 22.0 Å². The number of benzene rings is 4. The zero-order valence-corrected chi connectivity index (χ0v) is 22.7. The summed E-state index contributed by atoms with van der Waals surface area (Å²) in [6.07, 6.45) is 1.00. The van der Waals surface area contributed by atoms with Gasteiger partial charge in [0.15, 0.2) is 0 Å². The average Bonchev–Trinajstić information content (AvgIpc) is 3.35. The zero-order chi connectivity index (χ0) is 29.3. The first kappa shape index (κ1) is 26.8. The third-order valence-corrected chi connectivity index (χ3v) is 8.07. The van der Waals surface area contributed by atoms with Crippen molar-refractivity contribution in [2.75, 3.05) is 0 Å². The largest absolute Gasteiger partial charge is 0.418 e. The minimum Gasteiger partial charge on any atom is -0.308 e. The zero-order valence-electron chi connectivity index (χ0n) is 22.7. The second kappa shape index (κ2) is 9.30. The van der Waals surface area contributed by atoms with Crippen LogP contribution < -0.4 is 0 Å². The lowest BCUT2D eigenvalue weighted by Gasteiger charge is -2.24. The van der Waals surface area contributed by atoms with Crippen molar-refractivity contribution in [3.05, 3.63) is 132 Å². The Balaban J connectivity index is 1.82. The van der Waals surface area contributed by atoms with Gasteiger partial charge in [-0.25, -0.2) is 8.78 Å². The summed E-state index contributed by atoms with van der Waals surface area (Å²) in [4.78, 5) is 0. The van der Waals surface area contributed by atoms with Crippen molar-refractivity contribution >= 4 is 27.4 Å². The quantitative estimate of drug-likeness (QED) is 0.194. The lowest BCUT2D eigenvalue weighted by molar-refractivity contribution is -0.137. The number of aromatic nitrogens is 1. The predicted octanol–water partition coefficient (Wildman–Crippen LogP) is 10.6. The van der Waals surface area contributed by atoms with Crippen LogP contribution in [0.5, 0.6) is 0 Å². The van der Waals surface area contributed by atoms with E-state index in [0.29, 0.717) is 11.0 Å². The second-order valence-corrected chi connectivity index (χ2v) is 10.7. The first-order chi connectivity index (χ1) is 19.5. The smallest absolute Gasteiger partial charge is 0.308 e. The molecule has 1 heterocycles. The van der Waals surface area contributed by atoms with Gasteiger partial charge in [-0.2, -0.15) is 13.2 Å². The topological polar surface area (TPSA) is 4.93 Å². The molecule has 0 saturated heterocycles. The van der Waals surface area contributed by atoms with Gasteiger partial charge in [-0.3, -0.25) is 0 Å². The molecule has 0 amide bonds. The van der Waals surface area contributed by atoms with E-state index in [9.17, 15) is 13.2 Å². The summed E-state index contributed by atoms with van der Waals surface area (Å²) >= 11 is 0. The van der Waals surface area contributed by atoms with Crippen molar-refractivity contribution in [1.82, 2.24) is 4.57 Å². The molecule has 1 aliphatic rings. The Bertz CT molecular complexity index is 1930. The molecule has 206 valence electrons. The van der Waals surface area contributed by atoms with E-state index in [1.54, 1.807) is 12.1 Å². The molecule has 0 radical (unpaired) electrons. The Labute approximate surface area is 234 Å². The van der Waals surface area contributed by atoms with Crippen LogP contribution in [-0.4, -0.2) is 4.57 Å². The van der Waals surface area contributed by atoms with Gasteiger partial charge >= 0.3 is 6.18 Å². The van der Waals surface area contributed by atoms with Gasteiger partial charge in [0.2, 0.25) is 0 Å². The van der Waals surface area contributed by atoms with Gasteiger partial charge in [0.1, 0.15) is 11.6 Å². The molecule has 6 heteroatoms. The number of hydrogen-bond acceptors (Lipinski definition) is 0. The third-order valence-electron chi connectivity index (χ3n) is 8.07. The van der Waals surface area contributed by atoms with Crippen LogP contribution in [0.3, 0.4) is 0 Å². The Morgan fingerprint density at radius 1 is 0.805 bits per heavy atom. The standard InChI is InChI=1S/C35H26F5N/c1-5-11-20-23-18-24-21-12-7-8-17-30(21)41(31(24)19-27(23)34(3,4)25(20)6-2)33-22(13-9-14-26(33)35(38,39)40)32-28(36)15-10-16-29(32)37/h5-19H,2H2,1,3-4H3/b11-5-. The second-order valence-electron chi connectivity index (χ2n) is 10.7. The highest BCUT2D eigenvalue weighted by molar-refractivity contribution is 6.12. The molecule has 0 bridgehead atoms. The number of rotatable bonds is 4. The maximum atomic E-state index is 15.1. The summed E-state index contributed by atoms with van der Waals surface area (Å²) in [5, 5.41) is 1.46. The van der Waals surface area contributed by atoms with Gasteiger partial charge in [-0.05, 0) is 65.6 Å². The highest BCUT2D eigenvalue weighted by Gasteiger charge is 2.39. The van der Waals surface area contributed by atoms with E-state index < -0.39 is 34.4 Å². The molecule has 0 fully saturated rings. The maximum Gasteiger partial charge on any atom is 0.418 e. The molecule has 0 N–H and O–H groups in total. The number of alkyl halides is 3. The molecular formula is C35H26F5N. The molecule has 0 spiro atoms. The van der Waals surface area contributed by atoms with E-state index in [4.69, 9.17) is 0 Å². The van der Waals surface area contributed by atoms with Crippen molar-refractivity contribution in [2.45, 2.75) is 32.4 Å². The molecule has 0 aliphatic heterocycles. The SMILES string of the molecule is C=CC1=C(/C=C\C)c2cc3c4ccccc4n(-c4c(-c5c(F)cccc5F)cccc4C(F)(F)F)c3cc2C1(C)C. The van der Waals surface area contributed by atoms with Gasteiger partial charge in [0, 0.05) is 21.8 Å². The summed E-state index contributed by atoms with van der Waals surface area (Å²) in [5.41, 5.74) is 2.45. The minimum atomic E-state index is -4.79. The first-order valence-electron chi connectivity index (χ1n) is 13.2. The molecule has 1 nitrogen and oxygen atoms in total. The molecule has 1 aromatic heterocycles. The van der Waals surface area contributed by atoms with E-state index in [2.05, 4.69) is 20.4 Å². The molecule has 6 rings (SSSR count). The van der Waals surface area contributed by atoms with Crippen molar-refractivity contribution < 1.29 is 22.0 Å². The molecular weight excluding hydrogens is 529 g/mol. The summed E-state index contributed by atoms with van der Waals surface area (Å²) in [6, 6.07) is 17.9. The van der Waals surface area contributed by atoms with Crippen molar-refractivity contribution in [2.24, 2.45) is 0 Å². The molecule has 0 saturated carbocycles. The lowest BCUT2D eigenvalue weighted by atomic mass is 9.81. The molecule has 4 aromatic carbocycles. The molecule has 1 aliphatic carbocycles. The molecule has 41 heavy (non-hydrogen) atoms. The summed E-state index contributed by atoms with van der Waals surface area (Å²) < 4.78 is 75.8. The summed E-state index contributed by atoms with van der Waals surface area (Å²) in [5.74, 6) is -1.88. The molecule has 0 atom stereocenters. The number of fused-ring (bicyclic) bond motifs is 4. The van der Waals surface area contributed by atoms with Crippen molar-refractivity contribution in [1.29, 1.82) is 0 Å². The van der Waals surface area contributed by atoms with Crippen LogP contribution in [0.25, 0.3) is 44.2 Å². The van der Waals surface area contributed by atoms with Gasteiger partial charge in [-0.1, -0.05) is 75.1 Å². The summed E-state index contributed by atoms with van der Waals surface area (Å²) in [7, 11) is 0. The fourth-order valence-corrected chi connectivity index (χ4v) is 6.30. The number of allylic oxidation sites excluding steroid dienone is 5. The molecule has 5 aromatic rings. The van der Waals surface area contributed by atoms with Crippen LogP contribution in [0, 0.1) is 11.6 Å². The Kier molecular flexibility index (Phi) is 6.07. The predicted molar refractivity (Wildman–Crippen MR) is 156 cm³/mol. The van der Waals surface area contributed by atoms with Gasteiger partial charge in [-0.15, -0.1) is 0 Å². The Hall–Kier alpha value is -4.45. The van der Waals surface area contributed by atoms with Crippen LogP contribution >= 0.6 is 0 Å². The average molecular weight is 556 g/mol. The van der Waals surface area contributed by atoms with Crippen LogP contribution in [-0.2, 0) is 11.6 Å². The van der Waals surface area contributed by atoms with Crippen LogP contribution in [0.1, 0.15) is 37.5 Å². The van der Waals surface area contributed by atoms with Crippen LogP contribution in [0.2, 0.25) is 0 Å². The fraction of sp³-hybridized carbons (Fsp3) is 0.143. The molecule has 0 unspecified atom stereocenters. The van der Waals surface area contributed by atoms with Gasteiger partial charge in [0.05, 0.1) is 27.8 Å². The fourth-order valence-electron chi connectivity index (χ4n) is 6.30. The van der Waals surface area contributed by atoms with Crippen LogP contribution in [0.15, 0.2) is 103 Å². The van der Waals surface area contributed by atoms with E-state index in [-0.39, 0.29) is 11.3 Å². The number of halogens is 5. The van der Waals surface area contributed by atoms with Crippen molar-refractivity contribution in [3.8, 4) is 16.8 Å². The Morgan fingerprint density at radius 3 is 2.15 bits per heavy atom. The monoisotopic (exact) mass is 555 g/mol. The normalized spacial score (nSPS) is 14.9. The lowest BCUT2D eigenvalue weighted by Crippen LogP contribution is -2.16. The van der Waals surface area contributed by atoms with E-state index in [0.717, 1.165) is 51.2 Å². The highest BCUT2D eigenvalue weighted by atomic mass is 19.4. The minimum absolute atomic E-state index is 0.183. The van der Waals surface area contributed by atoms with E-state index in [1.807, 2.05) is 49.4 Å². The first-order valence-corrected chi connectivity index (χ1v) is 13.2. The van der Waals surface area contributed by atoms with Gasteiger partial charge in [0.25, 0.3) is 0 Å². The van der Waals surface area contributed by atoms with E-state index >= 15 is 8.78 Å². The third kappa shape index (κ3) is 3.88. The van der Waals surface area contributed by atoms with E-state index in [1.165, 1.54) is 22.8 Å². The van der Waals surface area contributed by atoms with Crippen molar-refractivity contribution in [3.63, 3.8) is 0 Å². The Morgan fingerprint density at radius 2 is 1.49 bits per heavy atom. The highest BCUT2D eigenvalue weighted by Crippen LogP contribution is 2.51. The summed E-state index contributed by atoms with van der Waals surface area (Å²) in [6.45, 7) is 10.1. The number of nitrogens with zero attached hydrogens (tertiary/aromatic N) is 1. The maximum absolute atomic E-state index is 15.1. The number of para-hydroxylation sites is 2. The van der Waals surface area contributed by atoms with Gasteiger partial charge < -0.3 is 4.57 Å². The number of hydrogen-bond donors (Lipinski definition) is 0.